The summed E-state index contributed by atoms with van der Waals surface area (Å²) in [6.45, 7) is 4.03. The van der Waals surface area contributed by atoms with Gasteiger partial charge in [-0.2, -0.15) is 0 Å². The molecule has 102 valence electrons. The Morgan fingerprint density at radius 3 is 2.60 bits per heavy atom. The predicted molar refractivity (Wildman–Crippen MR) is 81.2 cm³/mol. The molecule has 0 radical (unpaired) electrons. The summed E-state index contributed by atoms with van der Waals surface area (Å²) in [5, 5.41) is 12.1. The molecule has 3 rings (SSSR count). The van der Waals surface area contributed by atoms with Crippen molar-refractivity contribution in [1.82, 2.24) is 0 Å². The molecule has 0 aliphatic carbocycles. The van der Waals surface area contributed by atoms with E-state index in [1.807, 2.05) is 44.2 Å². The second kappa shape index (κ2) is 4.97. The molecule has 1 heterocycles. The first kappa shape index (κ1) is 13.2. The number of rotatable bonds is 2. The first-order chi connectivity index (χ1) is 9.54. The van der Waals surface area contributed by atoms with Crippen LogP contribution in [0.2, 0.25) is 5.02 Å². The fourth-order valence-electron chi connectivity index (χ4n) is 2.46. The average molecular weight is 287 g/mol. The molecule has 1 N–H and O–H groups in total. The number of furan rings is 1. The van der Waals surface area contributed by atoms with Gasteiger partial charge in [-0.15, -0.1) is 0 Å². The Morgan fingerprint density at radius 1 is 1.05 bits per heavy atom. The molecule has 2 aromatic carbocycles. The van der Waals surface area contributed by atoms with Crippen LogP contribution in [0.1, 0.15) is 28.6 Å². The second-order valence-corrected chi connectivity index (χ2v) is 5.53. The van der Waals surface area contributed by atoms with Crippen molar-refractivity contribution in [3.63, 3.8) is 0 Å². The Hall–Kier alpha value is -1.77. The van der Waals surface area contributed by atoms with Crippen molar-refractivity contribution in [3.8, 4) is 0 Å². The van der Waals surface area contributed by atoms with E-state index in [0.717, 1.165) is 22.1 Å². The second-order valence-electron chi connectivity index (χ2n) is 5.09. The number of fused-ring (bicyclic) bond motifs is 1. The van der Waals surface area contributed by atoms with E-state index in [1.165, 1.54) is 5.56 Å². The summed E-state index contributed by atoms with van der Waals surface area (Å²) < 4.78 is 5.72. The van der Waals surface area contributed by atoms with Crippen molar-refractivity contribution < 1.29 is 9.52 Å². The fraction of sp³-hybridized carbons (Fsp3) is 0.176. The van der Waals surface area contributed by atoms with Crippen LogP contribution in [0.25, 0.3) is 11.0 Å². The minimum absolute atomic E-state index is 0.536. The first-order valence-electron chi connectivity index (χ1n) is 6.49. The van der Waals surface area contributed by atoms with Crippen LogP contribution in [-0.2, 0) is 0 Å². The molecule has 0 saturated heterocycles. The van der Waals surface area contributed by atoms with Gasteiger partial charge >= 0.3 is 0 Å². The van der Waals surface area contributed by atoms with Gasteiger partial charge in [-0.3, -0.25) is 0 Å². The van der Waals surface area contributed by atoms with Gasteiger partial charge in [-0.05, 0) is 49.2 Å². The van der Waals surface area contributed by atoms with Crippen molar-refractivity contribution in [3.05, 3.63) is 69.9 Å². The zero-order valence-electron chi connectivity index (χ0n) is 11.4. The fourth-order valence-corrected chi connectivity index (χ4v) is 2.64. The van der Waals surface area contributed by atoms with E-state index < -0.39 is 6.10 Å². The number of benzene rings is 2. The molecular formula is C17H15ClO2. The number of hydrogen-bond acceptors (Lipinski definition) is 2. The number of aryl methyl sites for hydroxylation is 2. The molecule has 0 amide bonds. The summed E-state index contributed by atoms with van der Waals surface area (Å²) in [5.74, 6) is 0.536. The third-order valence-corrected chi connectivity index (χ3v) is 3.72. The van der Waals surface area contributed by atoms with Gasteiger partial charge in [0.15, 0.2) is 0 Å². The van der Waals surface area contributed by atoms with Crippen molar-refractivity contribution in [2.75, 3.05) is 0 Å². The summed E-state index contributed by atoms with van der Waals surface area (Å²) in [6.07, 6.45) is -0.762. The third kappa shape index (κ3) is 2.33. The summed E-state index contributed by atoms with van der Waals surface area (Å²) in [5.41, 5.74) is 3.82. The lowest BCUT2D eigenvalue weighted by molar-refractivity contribution is 0.191. The largest absolute Gasteiger partial charge is 0.458 e. The maximum absolute atomic E-state index is 10.5. The Labute approximate surface area is 122 Å². The predicted octanol–water partition coefficient (Wildman–Crippen LogP) is 4.78. The minimum atomic E-state index is -0.762. The van der Waals surface area contributed by atoms with E-state index in [0.29, 0.717) is 10.8 Å². The highest BCUT2D eigenvalue weighted by Gasteiger charge is 2.17. The van der Waals surface area contributed by atoms with E-state index in [2.05, 4.69) is 6.07 Å². The van der Waals surface area contributed by atoms with E-state index in [4.69, 9.17) is 16.0 Å². The highest BCUT2D eigenvalue weighted by molar-refractivity contribution is 6.31. The van der Waals surface area contributed by atoms with Crippen LogP contribution >= 0.6 is 11.6 Å². The van der Waals surface area contributed by atoms with Crippen molar-refractivity contribution in [2.45, 2.75) is 20.0 Å². The van der Waals surface area contributed by atoms with Crippen LogP contribution in [0.15, 0.2) is 46.9 Å². The van der Waals surface area contributed by atoms with Crippen LogP contribution in [0.5, 0.6) is 0 Å². The quantitative estimate of drug-likeness (QED) is 0.735. The zero-order valence-corrected chi connectivity index (χ0v) is 12.1. The molecule has 1 aromatic heterocycles. The van der Waals surface area contributed by atoms with Gasteiger partial charge in [0.25, 0.3) is 0 Å². The van der Waals surface area contributed by atoms with E-state index >= 15 is 0 Å². The summed E-state index contributed by atoms with van der Waals surface area (Å²) >= 11 is 5.96. The minimum Gasteiger partial charge on any atom is -0.458 e. The molecule has 0 saturated carbocycles. The highest BCUT2D eigenvalue weighted by atomic mass is 35.5. The van der Waals surface area contributed by atoms with E-state index in [-0.39, 0.29) is 0 Å². The molecule has 20 heavy (non-hydrogen) atoms. The summed E-state index contributed by atoms with van der Waals surface area (Å²) in [4.78, 5) is 0. The SMILES string of the molecule is Cc1ccc(C(O)c2cc3cc(Cl)ccc3o2)c(C)c1. The molecule has 1 atom stereocenters. The lowest BCUT2D eigenvalue weighted by Gasteiger charge is -2.11. The monoisotopic (exact) mass is 286 g/mol. The molecule has 0 bridgehead atoms. The van der Waals surface area contributed by atoms with Crippen molar-refractivity contribution >= 4 is 22.6 Å². The average Bonchev–Trinajstić information content (AvgIpc) is 2.81. The van der Waals surface area contributed by atoms with Crippen LogP contribution in [0.4, 0.5) is 0 Å². The van der Waals surface area contributed by atoms with Crippen LogP contribution in [0.3, 0.4) is 0 Å². The molecule has 3 aromatic rings. The molecule has 0 spiro atoms. The van der Waals surface area contributed by atoms with Gasteiger partial charge in [0.05, 0.1) is 0 Å². The van der Waals surface area contributed by atoms with Crippen LogP contribution in [0, 0.1) is 13.8 Å². The Kier molecular flexibility index (Phi) is 3.28. The maximum atomic E-state index is 10.5. The number of aliphatic hydroxyl groups is 1. The van der Waals surface area contributed by atoms with Crippen LogP contribution < -0.4 is 0 Å². The lowest BCUT2D eigenvalue weighted by Crippen LogP contribution is -2.00. The molecule has 3 heteroatoms. The van der Waals surface area contributed by atoms with Gasteiger partial charge in [-0.25, -0.2) is 0 Å². The van der Waals surface area contributed by atoms with Crippen molar-refractivity contribution in [1.29, 1.82) is 0 Å². The number of aliphatic hydroxyl groups excluding tert-OH is 1. The summed E-state index contributed by atoms with van der Waals surface area (Å²) in [7, 11) is 0. The Morgan fingerprint density at radius 2 is 1.85 bits per heavy atom. The van der Waals surface area contributed by atoms with Gasteiger partial charge < -0.3 is 9.52 Å². The zero-order chi connectivity index (χ0) is 14.3. The third-order valence-electron chi connectivity index (χ3n) is 3.49. The Balaban J connectivity index is 2.05. The van der Waals surface area contributed by atoms with E-state index in [1.54, 1.807) is 6.07 Å². The van der Waals surface area contributed by atoms with Crippen LogP contribution in [-0.4, -0.2) is 5.11 Å². The molecule has 0 aliphatic rings. The number of halogens is 1. The molecule has 1 unspecified atom stereocenters. The highest BCUT2D eigenvalue weighted by Crippen LogP contribution is 2.31. The smallest absolute Gasteiger partial charge is 0.138 e. The molecule has 2 nitrogen and oxygen atoms in total. The van der Waals surface area contributed by atoms with Gasteiger partial charge in [0, 0.05) is 10.4 Å². The molecule has 0 aliphatic heterocycles. The van der Waals surface area contributed by atoms with E-state index in [9.17, 15) is 5.11 Å². The molecule has 0 fully saturated rings. The Bertz CT molecular complexity index is 774. The van der Waals surface area contributed by atoms with Gasteiger partial charge in [0.2, 0.25) is 0 Å². The standard InChI is InChI=1S/C17H15ClO2/c1-10-3-5-14(11(2)7-10)17(19)16-9-12-8-13(18)4-6-15(12)20-16/h3-9,17,19H,1-2H3. The van der Waals surface area contributed by atoms with Gasteiger partial charge in [0.1, 0.15) is 17.4 Å². The normalized spacial score (nSPS) is 12.8. The first-order valence-corrected chi connectivity index (χ1v) is 6.86. The summed E-state index contributed by atoms with van der Waals surface area (Å²) in [6, 6.07) is 13.2. The molecular weight excluding hydrogens is 272 g/mol. The van der Waals surface area contributed by atoms with Crippen molar-refractivity contribution in [2.24, 2.45) is 0 Å². The number of hydrogen-bond donors (Lipinski definition) is 1. The van der Waals surface area contributed by atoms with Gasteiger partial charge in [-0.1, -0.05) is 35.4 Å². The topological polar surface area (TPSA) is 33.4 Å². The maximum Gasteiger partial charge on any atom is 0.138 e. The lowest BCUT2D eigenvalue weighted by atomic mass is 9.99.